The molecule has 1 aromatic heterocycles. The summed E-state index contributed by atoms with van der Waals surface area (Å²) in [5.41, 5.74) is 17.8. The van der Waals surface area contributed by atoms with Crippen molar-refractivity contribution in [2.24, 2.45) is 0 Å². The summed E-state index contributed by atoms with van der Waals surface area (Å²) in [4.78, 5) is 4.99. The van der Waals surface area contributed by atoms with Gasteiger partial charge in [-0.3, -0.25) is 4.57 Å². The number of nitrogens with zero attached hydrogens (tertiary/aromatic N) is 2. The van der Waals surface area contributed by atoms with Crippen molar-refractivity contribution in [3.8, 4) is 50.2 Å². The van der Waals surface area contributed by atoms with E-state index >= 15 is 0 Å². The smallest absolute Gasteiger partial charge is 0.114 e. The molecule has 0 fully saturated rings. The van der Waals surface area contributed by atoms with Gasteiger partial charge in [-0.25, -0.2) is 4.98 Å². The van der Waals surface area contributed by atoms with E-state index in [1.807, 2.05) is 0 Å². The van der Waals surface area contributed by atoms with E-state index in [9.17, 15) is 0 Å². The summed E-state index contributed by atoms with van der Waals surface area (Å²) in [5.74, 6) is 1.06. The summed E-state index contributed by atoms with van der Waals surface area (Å²) in [5, 5.41) is 4.94. The molecule has 0 bridgehead atoms. The molecule has 1 heterocycles. The minimum atomic E-state index is -0.490. The highest BCUT2D eigenvalue weighted by atomic mass is 15.1. The maximum Gasteiger partial charge on any atom is 0.114 e. The molecule has 1 aliphatic carbocycles. The van der Waals surface area contributed by atoms with E-state index in [0.717, 1.165) is 29.0 Å². The van der Waals surface area contributed by atoms with Gasteiger partial charge in [0.15, 0.2) is 0 Å². The van der Waals surface area contributed by atoms with Gasteiger partial charge in [-0.15, -0.1) is 0 Å². The predicted octanol–water partition coefficient (Wildman–Crippen LogP) is 15.3. The van der Waals surface area contributed by atoms with Crippen molar-refractivity contribution in [3.63, 3.8) is 0 Å². The molecule has 62 heavy (non-hydrogen) atoms. The highest BCUT2D eigenvalue weighted by Crippen LogP contribution is 2.57. The number of aryl methyl sites for hydroxylation is 1. The van der Waals surface area contributed by atoms with Gasteiger partial charge in [0, 0.05) is 12.1 Å². The Balaban J connectivity index is 1.13. The van der Waals surface area contributed by atoms with Crippen molar-refractivity contribution in [2.45, 2.75) is 18.8 Å². The first kappa shape index (κ1) is 36.1. The number of rotatable bonds is 7. The van der Waals surface area contributed by atoms with Crippen molar-refractivity contribution in [1.82, 2.24) is 9.55 Å². The molecular weight excluding hydrogens is 749 g/mol. The summed E-state index contributed by atoms with van der Waals surface area (Å²) < 4.78 is 2.31. The lowest BCUT2D eigenvalue weighted by atomic mass is 9.67. The molecule has 0 N–H and O–H groups in total. The van der Waals surface area contributed by atoms with Crippen LogP contribution >= 0.6 is 0 Å². The number of aromatic nitrogens is 2. The van der Waals surface area contributed by atoms with Crippen molar-refractivity contribution in [3.05, 3.63) is 253 Å². The van der Waals surface area contributed by atoms with E-state index < -0.39 is 5.41 Å². The first-order valence-electron chi connectivity index (χ1n) is 21.7. The van der Waals surface area contributed by atoms with Crippen LogP contribution in [0.5, 0.6) is 0 Å². The fraction of sp³-hybridized carbons (Fsp3) is 0.0500. The second-order valence-electron chi connectivity index (χ2n) is 16.5. The third kappa shape index (κ3) is 5.40. The van der Waals surface area contributed by atoms with Gasteiger partial charge in [0.05, 0.1) is 16.4 Å². The molecule has 0 saturated heterocycles. The number of imidazole rings is 1. The van der Waals surface area contributed by atoms with Gasteiger partial charge < -0.3 is 0 Å². The molecule has 0 amide bonds. The largest absolute Gasteiger partial charge is 0.296 e. The standard InChI is InChI=1S/C60H42N2/c1-2-57-61-55-28-16-17-29-56(55)62(57)46-34-30-41(31-35-46)58-49-25-12-13-26-50(49)59(51-37-32-42(38-52(51)58)40-18-6-3-7-19-40)43-33-36-48-47-24-14-15-27-53(47)60(54(48)39-43,44-20-8-4-9-21-44)45-22-10-5-11-23-45/h3-39H,2H2,1H3. The summed E-state index contributed by atoms with van der Waals surface area (Å²) in [6, 6.07) is 82.9. The molecular formula is C60H42N2. The lowest BCUT2D eigenvalue weighted by Gasteiger charge is -2.34. The topological polar surface area (TPSA) is 17.8 Å². The second-order valence-corrected chi connectivity index (χ2v) is 16.5. The van der Waals surface area contributed by atoms with Crippen LogP contribution in [0.1, 0.15) is 35.0 Å². The van der Waals surface area contributed by atoms with Crippen molar-refractivity contribution < 1.29 is 0 Å². The van der Waals surface area contributed by atoms with Crippen LogP contribution in [0.2, 0.25) is 0 Å². The Kier molecular flexibility index (Phi) is 8.40. The molecule has 2 heteroatoms. The molecule has 10 aromatic carbocycles. The van der Waals surface area contributed by atoms with Crippen LogP contribution < -0.4 is 0 Å². The average molecular weight is 791 g/mol. The zero-order valence-corrected chi connectivity index (χ0v) is 34.5. The van der Waals surface area contributed by atoms with Crippen LogP contribution in [0.15, 0.2) is 224 Å². The van der Waals surface area contributed by atoms with E-state index in [1.54, 1.807) is 0 Å². The lowest BCUT2D eigenvalue weighted by molar-refractivity contribution is 0.769. The van der Waals surface area contributed by atoms with Crippen LogP contribution in [0, 0.1) is 0 Å². The van der Waals surface area contributed by atoms with E-state index in [4.69, 9.17) is 4.98 Å². The molecule has 0 aliphatic heterocycles. The Labute approximate surface area is 362 Å². The fourth-order valence-corrected chi connectivity index (χ4v) is 10.6. The molecule has 0 spiro atoms. The Hall–Kier alpha value is -7.81. The van der Waals surface area contributed by atoms with Crippen LogP contribution in [0.25, 0.3) is 82.8 Å². The summed E-state index contributed by atoms with van der Waals surface area (Å²) >= 11 is 0. The number of benzene rings is 10. The molecule has 292 valence electrons. The highest BCUT2D eigenvalue weighted by Gasteiger charge is 2.46. The van der Waals surface area contributed by atoms with Gasteiger partial charge in [0.1, 0.15) is 5.82 Å². The van der Waals surface area contributed by atoms with Crippen LogP contribution in [-0.2, 0) is 11.8 Å². The molecule has 0 radical (unpaired) electrons. The Morgan fingerprint density at radius 2 is 0.952 bits per heavy atom. The highest BCUT2D eigenvalue weighted by molar-refractivity contribution is 6.22. The first-order chi connectivity index (χ1) is 30.7. The van der Waals surface area contributed by atoms with Crippen LogP contribution in [0.4, 0.5) is 0 Å². The molecule has 12 rings (SSSR count). The average Bonchev–Trinajstić information content (AvgIpc) is 3.87. The predicted molar refractivity (Wildman–Crippen MR) is 259 cm³/mol. The minimum absolute atomic E-state index is 0.490. The number of fused-ring (bicyclic) bond motifs is 6. The minimum Gasteiger partial charge on any atom is -0.296 e. The third-order valence-electron chi connectivity index (χ3n) is 13.2. The molecule has 11 aromatic rings. The summed E-state index contributed by atoms with van der Waals surface area (Å²) in [6.45, 7) is 2.18. The van der Waals surface area contributed by atoms with Crippen molar-refractivity contribution >= 4 is 32.6 Å². The number of hydrogen-bond acceptors (Lipinski definition) is 1. The van der Waals surface area contributed by atoms with E-state index in [1.165, 1.54) is 88.3 Å². The molecule has 0 unspecified atom stereocenters. The van der Waals surface area contributed by atoms with Crippen molar-refractivity contribution in [2.75, 3.05) is 0 Å². The summed E-state index contributed by atoms with van der Waals surface area (Å²) in [7, 11) is 0. The lowest BCUT2D eigenvalue weighted by Crippen LogP contribution is -2.28. The van der Waals surface area contributed by atoms with E-state index in [-0.39, 0.29) is 0 Å². The monoisotopic (exact) mass is 790 g/mol. The SMILES string of the molecule is CCc1nc2ccccc2n1-c1ccc(-c2c3ccccc3c(-c3ccc4c(c3)C(c3ccccc3)(c3ccccc3)c3ccccc3-4)c3ccc(-c4ccccc4)cc23)cc1. The van der Waals surface area contributed by atoms with Gasteiger partial charge in [-0.05, 0) is 125 Å². The van der Waals surface area contributed by atoms with Gasteiger partial charge in [0.25, 0.3) is 0 Å². The molecule has 2 nitrogen and oxygen atoms in total. The van der Waals surface area contributed by atoms with Gasteiger partial charge in [-0.2, -0.15) is 0 Å². The molecule has 0 saturated carbocycles. The zero-order chi connectivity index (χ0) is 41.2. The quantitative estimate of drug-likeness (QED) is 0.147. The Morgan fingerprint density at radius 3 is 1.66 bits per heavy atom. The van der Waals surface area contributed by atoms with Crippen LogP contribution in [0.3, 0.4) is 0 Å². The van der Waals surface area contributed by atoms with Crippen molar-refractivity contribution in [1.29, 1.82) is 0 Å². The maximum atomic E-state index is 4.99. The fourth-order valence-electron chi connectivity index (χ4n) is 10.6. The van der Waals surface area contributed by atoms with Gasteiger partial charge in [0.2, 0.25) is 0 Å². The second kappa shape index (κ2) is 14.4. The summed E-state index contributed by atoms with van der Waals surface area (Å²) in [6.07, 6.45) is 0.849. The Bertz CT molecular complexity index is 3430. The maximum absolute atomic E-state index is 4.99. The number of hydrogen-bond donors (Lipinski definition) is 0. The van der Waals surface area contributed by atoms with E-state index in [2.05, 4.69) is 236 Å². The number of para-hydroxylation sites is 2. The van der Waals surface area contributed by atoms with Gasteiger partial charge >= 0.3 is 0 Å². The first-order valence-corrected chi connectivity index (χ1v) is 21.7. The molecule has 0 atom stereocenters. The molecule has 1 aliphatic rings. The van der Waals surface area contributed by atoms with E-state index in [0.29, 0.717) is 0 Å². The Morgan fingerprint density at radius 1 is 0.403 bits per heavy atom. The van der Waals surface area contributed by atoms with Gasteiger partial charge in [-0.1, -0.05) is 195 Å². The third-order valence-corrected chi connectivity index (χ3v) is 13.2. The van der Waals surface area contributed by atoms with Crippen LogP contribution in [-0.4, -0.2) is 9.55 Å². The zero-order valence-electron chi connectivity index (χ0n) is 34.5. The normalized spacial score (nSPS) is 12.8.